The zero-order chi connectivity index (χ0) is 15.7. The Hall–Kier alpha value is -1.42. The summed E-state index contributed by atoms with van der Waals surface area (Å²) in [5.74, 6) is 0.404. The molecule has 0 unspecified atom stereocenters. The van der Waals surface area contributed by atoms with Crippen LogP contribution < -0.4 is 10.6 Å². The van der Waals surface area contributed by atoms with Crippen LogP contribution in [-0.4, -0.2) is 25.4 Å². The SMILES string of the molecule is CC(C)CC[C@]1(C(=O)c2cc(F)c3c(c2)CCN3)CCNC1. The van der Waals surface area contributed by atoms with Crippen molar-refractivity contribution in [2.75, 3.05) is 25.0 Å². The number of benzene rings is 1. The molecule has 0 bridgehead atoms. The fourth-order valence-electron chi connectivity index (χ4n) is 3.65. The molecule has 1 aromatic carbocycles. The van der Waals surface area contributed by atoms with Gasteiger partial charge >= 0.3 is 0 Å². The summed E-state index contributed by atoms with van der Waals surface area (Å²) in [5, 5.41) is 6.38. The van der Waals surface area contributed by atoms with Gasteiger partial charge in [0.25, 0.3) is 0 Å². The lowest BCUT2D eigenvalue weighted by Gasteiger charge is -2.28. The van der Waals surface area contributed by atoms with Crippen molar-refractivity contribution in [2.45, 2.75) is 39.5 Å². The first kappa shape index (κ1) is 15.5. The fraction of sp³-hybridized carbons (Fsp3) is 0.611. The molecule has 120 valence electrons. The van der Waals surface area contributed by atoms with Crippen LogP contribution >= 0.6 is 0 Å². The zero-order valence-electron chi connectivity index (χ0n) is 13.5. The lowest BCUT2D eigenvalue weighted by atomic mass is 9.74. The van der Waals surface area contributed by atoms with Gasteiger partial charge in [-0.2, -0.15) is 0 Å². The summed E-state index contributed by atoms with van der Waals surface area (Å²) < 4.78 is 14.2. The summed E-state index contributed by atoms with van der Waals surface area (Å²) in [6.45, 7) is 6.71. The van der Waals surface area contributed by atoms with Gasteiger partial charge in [0.15, 0.2) is 5.78 Å². The highest BCUT2D eigenvalue weighted by Gasteiger charge is 2.41. The van der Waals surface area contributed by atoms with E-state index in [9.17, 15) is 9.18 Å². The van der Waals surface area contributed by atoms with Gasteiger partial charge in [-0.25, -0.2) is 4.39 Å². The number of hydrogen-bond donors (Lipinski definition) is 2. The summed E-state index contributed by atoms with van der Waals surface area (Å²) >= 11 is 0. The molecule has 1 saturated heterocycles. The Kier molecular flexibility index (Phi) is 4.22. The van der Waals surface area contributed by atoms with Crippen molar-refractivity contribution in [3.05, 3.63) is 29.1 Å². The van der Waals surface area contributed by atoms with Crippen molar-refractivity contribution in [1.29, 1.82) is 0 Å². The van der Waals surface area contributed by atoms with Crippen molar-refractivity contribution < 1.29 is 9.18 Å². The van der Waals surface area contributed by atoms with Gasteiger partial charge in [0.2, 0.25) is 0 Å². The van der Waals surface area contributed by atoms with E-state index in [1.165, 1.54) is 6.07 Å². The van der Waals surface area contributed by atoms with Gasteiger partial charge in [-0.05, 0) is 55.8 Å². The molecule has 2 aliphatic heterocycles. The molecule has 2 N–H and O–H groups in total. The third kappa shape index (κ3) is 2.76. The van der Waals surface area contributed by atoms with E-state index in [1.54, 1.807) is 0 Å². The second-order valence-corrected chi connectivity index (χ2v) is 7.14. The first-order chi connectivity index (χ1) is 10.5. The van der Waals surface area contributed by atoms with E-state index in [1.807, 2.05) is 6.07 Å². The largest absolute Gasteiger partial charge is 0.382 e. The predicted octanol–water partition coefficient (Wildman–Crippen LogP) is 3.39. The van der Waals surface area contributed by atoms with Gasteiger partial charge in [0, 0.05) is 24.1 Å². The highest BCUT2D eigenvalue weighted by Crippen LogP contribution is 2.37. The van der Waals surface area contributed by atoms with Crippen molar-refractivity contribution in [3.8, 4) is 0 Å². The molecule has 1 fully saturated rings. The van der Waals surface area contributed by atoms with Crippen molar-refractivity contribution in [1.82, 2.24) is 5.32 Å². The molecule has 0 spiro atoms. The minimum Gasteiger partial charge on any atom is -0.382 e. The Labute approximate surface area is 131 Å². The molecule has 3 nitrogen and oxygen atoms in total. The summed E-state index contributed by atoms with van der Waals surface area (Å²) in [6, 6.07) is 3.32. The number of carbonyl (C=O) groups is 1. The Balaban J connectivity index is 1.89. The standard InChI is InChI=1S/C18H25FN2O/c1-12(2)3-5-18(6-8-20-11-18)17(22)14-9-13-4-7-21-16(13)15(19)10-14/h9-10,12,20-21H,3-8,11H2,1-2H3/t18-/m0/s1. The predicted molar refractivity (Wildman–Crippen MR) is 86.9 cm³/mol. The second kappa shape index (κ2) is 5.99. The number of fused-ring (bicyclic) bond motifs is 1. The minimum atomic E-state index is -0.350. The van der Waals surface area contributed by atoms with E-state index in [2.05, 4.69) is 24.5 Å². The Morgan fingerprint density at radius 3 is 2.86 bits per heavy atom. The number of rotatable bonds is 5. The molecule has 4 heteroatoms. The molecule has 2 heterocycles. The van der Waals surface area contributed by atoms with Gasteiger partial charge in [0.05, 0.1) is 5.69 Å². The van der Waals surface area contributed by atoms with Gasteiger partial charge in [-0.15, -0.1) is 0 Å². The number of nitrogens with one attached hydrogen (secondary N) is 2. The monoisotopic (exact) mass is 304 g/mol. The van der Waals surface area contributed by atoms with Crippen molar-refractivity contribution in [2.24, 2.45) is 11.3 Å². The lowest BCUT2D eigenvalue weighted by molar-refractivity contribution is 0.0794. The van der Waals surface area contributed by atoms with E-state index in [0.717, 1.165) is 50.9 Å². The van der Waals surface area contributed by atoms with E-state index in [4.69, 9.17) is 0 Å². The van der Waals surface area contributed by atoms with Crippen LogP contribution in [0.25, 0.3) is 0 Å². The topological polar surface area (TPSA) is 41.1 Å². The first-order valence-electron chi connectivity index (χ1n) is 8.34. The number of ketones is 1. The van der Waals surface area contributed by atoms with Gasteiger partial charge < -0.3 is 10.6 Å². The molecular weight excluding hydrogens is 279 g/mol. The average Bonchev–Trinajstić information content (AvgIpc) is 3.14. The highest BCUT2D eigenvalue weighted by atomic mass is 19.1. The molecule has 22 heavy (non-hydrogen) atoms. The van der Waals surface area contributed by atoms with Gasteiger partial charge in [-0.1, -0.05) is 13.8 Å². The Morgan fingerprint density at radius 1 is 1.36 bits per heavy atom. The summed E-state index contributed by atoms with van der Waals surface area (Å²) in [6.07, 6.45) is 3.57. The lowest BCUT2D eigenvalue weighted by Crippen LogP contribution is -2.34. The number of Topliss-reactive ketones (excluding diaryl/α,β-unsaturated/α-hetero) is 1. The molecule has 0 radical (unpaired) electrons. The second-order valence-electron chi connectivity index (χ2n) is 7.14. The average molecular weight is 304 g/mol. The number of hydrogen-bond acceptors (Lipinski definition) is 3. The van der Waals surface area contributed by atoms with Crippen LogP contribution in [0.2, 0.25) is 0 Å². The van der Waals surface area contributed by atoms with E-state index < -0.39 is 0 Å². The summed E-state index contributed by atoms with van der Waals surface area (Å²) in [4.78, 5) is 13.1. The van der Waals surface area contributed by atoms with Crippen molar-refractivity contribution >= 4 is 11.5 Å². The number of halogens is 1. The maximum absolute atomic E-state index is 14.2. The molecule has 2 aliphatic rings. The normalized spacial score (nSPS) is 23.6. The maximum Gasteiger partial charge on any atom is 0.170 e. The maximum atomic E-state index is 14.2. The molecular formula is C18H25FN2O. The van der Waals surface area contributed by atoms with Crippen LogP contribution in [0.1, 0.15) is 49.0 Å². The fourth-order valence-corrected chi connectivity index (χ4v) is 3.65. The van der Waals surface area contributed by atoms with Crippen LogP contribution in [0, 0.1) is 17.2 Å². The molecule has 0 amide bonds. The Morgan fingerprint density at radius 2 is 2.18 bits per heavy atom. The van der Waals surface area contributed by atoms with Crippen LogP contribution in [0.15, 0.2) is 12.1 Å². The summed E-state index contributed by atoms with van der Waals surface area (Å²) in [7, 11) is 0. The van der Waals surface area contributed by atoms with E-state index >= 15 is 0 Å². The van der Waals surface area contributed by atoms with Crippen LogP contribution in [0.3, 0.4) is 0 Å². The van der Waals surface area contributed by atoms with Crippen LogP contribution in [-0.2, 0) is 6.42 Å². The molecule has 0 aromatic heterocycles. The quantitative estimate of drug-likeness (QED) is 0.819. The summed E-state index contributed by atoms with van der Waals surface area (Å²) in [5.41, 5.74) is 1.72. The smallest absolute Gasteiger partial charge is 0.170 e. The molecule has 0 saturated carbocycles. The highest BCUT2D eigenvalue weighted by molar-refractivity contribution is 6.01. The van der Waals surface area contributed by atoms with E-state index in [0.29, 0.717) is 17.2 Å². The minimum absolute atomic E-state index is 0.117. The van der Waals surface area contributed by atoms with Crippen molar-refractivity contribution in [3.63, 3.8) is 0 Å². The Bertz CT molecular complexity index is 577. The molecule has 1 aromatic rings. The van der Waals surface area contributed by atoms with Gasteiger partial charge in [-0.3, -0.25) is 4.79 Å². The third-order valence-electron chi connectivity index (χ3n) is 5.06. The van der Waals surface area contributed by atoms with Crippen LogP contribution in [0.4, 0.5) is 10.1 Å². The zero-order valence-corrected chi connectivity index (χ0v) is 13.5. The van der Waals surface area contributed by atoms with Crippen LogP contribution in [0.5, 0.6) is 0 Å². The number of anilines is 1. The van der Waals surface area contributed by atoms with E-state index in [-0.39, 0.29) is 17.0 Å². The number of carbonyl (C=O) groups excluding carboxylic acids is 1. The molecule has 3 rings (SSSR count). The van der Waals surface area contributed by atoms with Gasteiger partial charge in [0.1, 0.15) is 5.82 Å². The first-order valence-corrected chi connectivity index (χ1v) is 8.34. The third-order valence-corrected chi connectivity index (χ3v) is 5.06. The molecule has 1 atom stereocenters. The molecule has 0 aliphatic carbocycles.